The third kappa shape index (κ3) is 3.68. The number of ether oxygens (including phenoxy) is 2. The number of hydrogen-bond donors (Lipinski definition) is 1. The molecule has 1 fully saturated rings. The normalized spacial score (nSPS) is 17.9. The number of nitrogens with zero attached hydrogens (tertiary/aromatic N) is 1. The first-order valence-electron chi connectivity index (χ1n) is 7.12. The zero-order chi connectivity index (χ0) is 15.4. The SMILES string of the molecule is CCCOc1c(Br)cc(C(=O)N2CC[C@@H](N)C2)cc1OC. The molecule has 0 spiro atoms. The summed E-state index contributed by atoms with van der Waals surface area (Å²) in [6.45, 7) is 3.94. The third-order valence-electron chi connectivity index (χ3n) is 3.44. The average Bonchev–Trinajstić information content (AvgIpc) is 2.91. The van der Waals surface area contributed by atoms with E-state index in [0.29, 0.717) is 36.8 Å². The molecule has 2 N–H and O–H groups in total. The van der Waals surface area contributed by atoms with Gasteiger partial charge in [0.05, 0.1) is 18.2 Å². The van der Waals surface area contributed by atoms with Gasteiger partial charge in [-0.1, -0.05) is 6.92 Å². The highest BCUT2D eigenvalue weighted by molar-refractivity contribution is 9.10. The van der Waals surface area contributed by atoms with E-state index in [1.807, 2.05) is 6.92 Å². The molecule has 0 bridgehead atoms. The smallest absolute Gasteiger partial charge is 0.254 e. The van der Waals surface area contributed by atoms with Crippen LogP contribution in [0.2, 0.25) is 0 Å². The topological polar surface area (TPSA) is 64.8 Å². The van der Waals surface area contributed by atoms with Crippen LogP contribution in [0, 0.1) is 0 Å². The molecule has 1 amide bonds. The number of likely N-dealkylation sites (tertiary alicyclic amines) is 1. The van der Waals surface area contributed by atoms with Gasteiger partial charge in [0.1, 0.15) is 0 Å². The lowest BCUT2D eigenvalue weighted by molar-refractivity contribution is 0.0790. The number of carbonyl (C=O) groups is 1. The molecule has 1 aliphatic rings. The fourth-order valence-corrected chi connectivity index (χ4v) is 2.90. The second-order valence-corrected chi connectivity index (χ2v) is 5.99. The number of methoxy groups -OCH3 is 1. The Morgan fingerprint density at radius 1 is 1.52 bits per heavy atom. The predicted octanol–water partition coefficient (Wildman–Crippen LogP) is 2.42. The number of carbonyl (C=O) groups excluding carboxylic acids is 1. The summed E-state index contributed by atoms with van der Waals surface area (Å²) in [4.78, 5) is 14.3. The van der Waals surface area contributed by atoms with Gasteiger partial charge in [0.15, 0.2) is 11.5 Å². The van der Waals surface area contributed by atoms with Crippen molar-refractivity contribution in [1.29, 1.82) is 0 Å². The molecule has 5 nitrogen and oxygen atoms in total. The van der Waals surface area contributed by atoms with Crippen LogP contribution in [0.4, 0.5) is 0 Å². The summed E-state index contributed by atoms with van der Waals surface area (Å²) in [6.07, 6.45) is 1.75. The summed E-state index contributed by atoms with van der Waals surface area (Å²) >= 11 is 3.46. The van der Waals surface area contributed by atoms with Crippen molar-refractivity contribution in [2.75, 3.05) is 26.8 Å². The molecule has 0 radical (unpaired) electrons. The van der Waals surface area contributed by atoms with E-state index < -0.39 is 0 Å². The maximum absolute atomic E-state index is 12.5. The van der Waals surface area contributed by atoms with E-state index in [-0.39, 0.29) is 11.9 Å². The van der Waals surface area contributed by atoms with Gasteiger partial charge in [0, 0.05) is 24.7 Å². The summed E-state index contributed by atoms with van der Waals surface area (Å²) in [7, 11) is 1.57. The maximum Gasteiger partial charge on any atom is 0.254 e. The monoisotopic (exact) mass is 356 g/mol. The minimum Gasteiger partial charge on any atom is -0.493 e. The maximum atomic E-state index is 12.5. The molecule has 6 heteroatoms. The van der Waals surface area contributed by atoms with Gasteiger partial charge in [-0.3, -0.25) is 4.79 Å². The molecule has 1 atom stereocenters. The molecule has 0 aromatic heterocycles. The van der Waals surface area contributed by atoms with E-state index in [1.165, 1.54) is 0 Å². The minimum absolute atomic E-state index is 0.0241. The van der Waals surface area contributed by atoms with Gasteiger partial charge in [0.2, 0.25) is 0 Å². The highest BCUT2D eigenvalue weighted by atomic mass is 79.9. The number of rotatable bonds is 5. The van der Waals surface area contributed by atoms with E-state index in [2.05, 4.69) is 15.9 Å². The molecule has 1 saturated heterocycles. The van der Waals surface area contributed by atoms with Crippen LogP contribution >= 0.6 is 15.9 Å². The van der Waals surface area contributed by atoms with Gasteiger partial charge in [-0.05, 0) is 40.9 Å². The molecular weight excluding hydrogens is 336 g/mol. The quantitative estimate of drug-likeness (QED) is 0.879. The van der Waals surface area contributed by atoms with Crippen LogP contribution in [-0.4, -0.2) is 43.7 Å². The molecule has 0 saturated carbocycles. The van der Waals surface area contributed by atoms with Crippen LogP contribution in [0.15, 0.2) is 16.6 Å². The van der Waals surface area contributed by atoms with Crippen molar-refractivity contribution in [2.24, 2.45) is 5.73 Å². The summed E-state index contributed by atoms with van der Waals surface area (Å²) in [5.74, 6) is 1.17. The summed E-state index contributed by atoms with van der Waals surface area (Å²) in [5.41, 5.74) is 6.44. The van der Waals surface area contributed by atoms with Crippen molar-refractivity contribution in [3.8, 4) is 11.5 Å². The van der Waals surface area contributed by atoms with E-state index in [9.17, 15) is 4.79 Å². The number of nitrogens with two attached hydrogens (primary N) is 1. The van der Waals surface area contributed by atoms with Crippen LogP contribution in [0.5, 0.6) is 11.5 Å². The Balaban J connectivity index is 2.24. The molecule has 1 aromatic carbocycles. The van der Waals surface area contributed by atoms with Crippen LogP contribution in [0.1, 0.15) is 30.1 Å². The van der Waals surface area contributed by atoms with Crippen molar-refractivity contribution in [3.63, 3.8) is 0 Å². The fraction of sp³-hybridized carbons (Fsp3) is 0.533. The molecule has 0 unspecified atom stereocenters. The first kappa shape index (κ1) is 16.1. The summed E-state index contributed by atoms with van der Waals surface area (Å²) < 4.78 is 11.7. The van der Waals surface area contributed by atoms with Gasteiger partial charge in [0.25, 0.3) is 5.91 Å². The van der Waals surface area contributed by atoms with Gasteiger partial charge >= 0.3 is 0 Å². The minimum atomic E-state index is -0.0241. The molecule has 1 aliphatic heterocycles. The summed E-state index contributed by atoms with van der Waals surface area (Å²) in [5, 5.41) is 0. The molecule has 1 heterocycles. The van der Waals surface area contributed by atoms with Gasteiger partial charge in [-0.25, -0.2) is 0 Å². The van der Waals surface area contributed by atoms with Crippen molar-refractivity contribution in [2.45, 2.75) is 25.8 Å². The molecule has 2 rings (SSSR count). The Hall–Kier alpha value is -1.27. The van der Waals surface area contributed by atoms with Crippen LogP contribution in [0.25, 0.3) is 0 Å². The predicted molar refractivity (Wildman–Crippen MR) is 85.0 cm³/mol. The Bertz CT molecular complexity index is 522. The molecule has 1 aromatic rings. The Labute approximate surface area is 133 Å². The van der Waals surface area contributed by atoms with Crippen molar-refractivity contribution in [3.05, 3.63) is 22.2 Å². The van der Waals surface area contributed by atoms with E-state index in [4.69, 9.17) is 15.2 Å². The second kappa shape index (κ2) is 7.13. The lowest BCUT2D eigenvalue weighted by Gasteiger charge is -2.18. The van der Waals surface area contributed by atoms with Crippen molar-refractivity contribution in [1.82, 2.24) is 4.90 Å². The van der Waals surface area contributed by atoms with Crippen molar-refractivity contribution < 1.29 is 14.3 Å². The van der Waals surface area contributed by atoms with Gasteiger partial charge in [-0.2, -0.15) is 0 Å². The van der Waals surface area contributed by atoms with Gasteiger partial charge in [-0.15, -0.1) is 0 Å². The number of benzene rings is 1. The van der Waals surface area contributed by atoms with Crippen LogP contribution < -0.4 is 15.2 Å². The number of amides is 1. The first-order chi connectivity index (χ1) is 10.1. The Morgan fingerprint density at radius 2 is 2.29 bits per heavy atom. The summed E-state index contributed by atoms with van der Waals surface area (Å²) in [6, 6.07) is 3.58. The highest BCUT2D eigenvalue weighted by Crippen LogP contribution is 2.37. The number of halogens is 1. The Kier molecular flexibility index (Phi) is 5.47. The van der Waals surface area contributed by atoms with Gasteiger partial charge < -0.3 is 20.1 Å². The molecular formula is C15H21BrN2O3. The van der Waals surface area contributed by atoms with E-state index >= 15 is 0 Å². The third-order valence-corrected chi connectivity index (χ3v) is 4.03. The van der Waals surface area contributed by atoms with E-state index in [1.54, 1.807) is 24.1 Å². The molecule has 116 valence electrons. The Morgan fingerprint density at radius 3 is 2.86 bits per heavy atom. The van der Waals surface area contributed by atoms with Crippen LogP contribution in [-0.2, 0) is 0 Å². The lowest BCUT2D eigenvalue weighted by atomic mass is 10.1. The molecule has 0 aliphatic carbocycles. The van der Waals surface area contributed by atoms with Crippen LogP contribution in [0.3, 0.4) is 0 Å². The zero-order valence-corrected chi connectivity index (χ0v) is 14.0. The standard InChI is InChI=1S/C15H21BrN2O3/c1-3-6-21-14-12(16)7-10(8-13(14)20-2)15(19)18-5-4-11(17)9-18/h7-8,11H,3-6,9,17H2,1-2H3/t11-/m1/s1. The zero-order valence-electron chi connectivity index (χ0n) is 12.4. The highest BCUT2D eigenvalue weighted by Gasteiger charge is 2.26. The molecule has 21 heavy (non-hydrogen) atoms. The lowest BCUT2D eigenvalue weighted by Crippen LogP contribution is -2.31. The average molecular weight is 357 g/mol. The number of hydrogen-bond acceptors (Lipinski definition) is 4. The second-order valence-electron chi connectivity index (χ2n) is 5.14. The first-order valence-corrected chi connectivity index (χ1v) is 7.91. The van der Waals surface area contributed by atoms with Crippen molar-refractivity contribution >= 4 is 21.8 Å². The largest absolute Gasteiger partial charge is 0.493 e. The van der Waals surface area contributed by atoms with E-state index in [0.717, 1.165) is 17.3 Å². The fourth-order valence-electron chi connectivity index (χ4n) is 2.34.